The zero-order valence-electron chi connectivity index (χ0n) is 16.1. The molecule has 2 amide bonds. The van der Waals surface area contributed by atoms with Gasteiger partial charge in [-0.15, -0.1) is 0 Å². The van der Waals surface area contributed by atoms with Gasteiger partial charge in [-0.1, -0.05) is 23.7 Å². The summed E-state index contributed by atoms with van der Waals surface area (Å²) in [6, 6.07) is 9.61. The summed E-state index contributed by atoms with van der Waals surface area (Å²) < 4.78 is 15.9. The number of rotatable bonds is 8. The highest BCUT2D eigenvalue weighted by Gasteiger charge is 2.34. The first-order chi connectivity index (χ1) is 14.0. The summed E-state index contributed by atoms with van der Waals surface area (Å²) in [5.41, 5.74) is 1.01. The van der Waals surface area contributed by atoms with E-state index in [1.54, 1.807) is 24.3 Å². The number of methoxy groups -OCH3 is 1. The van der Waals surface area contributed by atoms with Gasteiger partial charge in [-0.3, -0.25) is 14.5 Å². The van der Waals surface area contributed by atoms with E-state index in [0.29, 0.717) is 35.7 Å². The smallest absolute Gasteiger partial charge is 0.338 e. The van der Waals surface area contributed by atoms with Crippen LogP contribution in [0, 0.1) is 0 Å². The van der Waals surface area contributed by atoms with Gasteiger partial charge >= 0.3 is 5.97 Å². The average Bonchev–Trinajstić information content (AvgIpc) is 2.97. The van der Waals surface area contributed by atoms with Crippen LogP contribution in [0.3, 0.4) is 0 Å². The molecule has 0 atom stereocenters. The molecule has 0 N–H and O–H groups in total. The molecule has 152 valence electrons. The Kier molecular flexibility index (Phi) is 6.39. The minimum absolute atomic E-state index is 0.0411. The molecule has 0 aliphatic carbocycles. The number of halogens is 1. The summed E-state index contributed by atoms with van der Waals surface area (Å²) in [6.45, 7) is 2.41. The van der Waals surface area contributed by atoms with E-state index in [2.05, 4.69) is 0 Å². The number of carbonyl (C=O) groups excluding carboxylic acids is 3. The van der Waals surface area contributed by atoms with Crippen LogP contribution in [-0.2, 0) is 4.74 Å². The maximum atomic E-state index is 12.3. The minimum Gasteiger partial charge on any atom is -0.493 e. The van der Waals surface area contributed by atoms with Gasteiger partial charge in [0.05, 0.1) is 42.0 Å². The number of fused-ring (bicyclic) bond motifs is 1. The van der Waals surface area contributed by atoms with Crippen LogP contribution in [-0.4, -0.2) is 49.6 Å². The van der Waals surface area contributed by atoms with Gasteiger partial charge in [0.25, 0.3) is 11.8 Å². The molecule has 1 heterocycles. The van der Waals surface area contributed by atoms with E-state index < -0.39 is 5.97 Å². The van der Waals surface area contributed by atoms with Crippen LogP contribution in [0.5, 0.6) is 11.5 Å². The van der Waals surface area contributed by atoms with Gasteiger partial charge < -0.3 is 14.2 Å². The van der Waals surface area contributed by atoms with E-state index in [1.807, 2.05) is 6.92 Å². The molecular formula is C21H20ClNO6. The zero-order valence-corrected chi connectivity index (χ0v) is 16.8. The van der Waals surface area contributed by atoms with Gasteiger partial charge in [0, 0.05) is 6.54 Å². The number of ether oxygens (including phenoxy) is 3. The lowest BCUT2D eigenvalue weighted by Crippen LogP contribution is -2.31. The van der Waals surface area contributed by atoms with Crippen molar-refractivity contribution < 1.29 is 28.6 Å². The molecule has 0 aromatic heterocycles. The molecule has 2 aromatic rings. The third-order valence-electron chi connectivity index (χ3n) is 4.39. The Morgan fingerprint density at radius 1 is 1.10 bits per heavy atom. The molecule has 0 unspecified atom stereocenters. The van der Waals surface area contributed by atoms with Gasteiger partial charge in [-0.25, -0.2) is 4.79 Å². The number of imide groups is 1. The molecule has 7 nitrogen and oxygen atoms in total. The van der Waals surface area contributed by atoms with Crippen molar-refractivity contribution in [2.75, 3.05) is 26.9 Å². The van der Waals surface area contributed by atoms with Crippen molar-refractivity contribution in [3.8, 4) is 11.5 Å². The maximum Gasteiger partial charge on any atom is 0.338 e. The Balaban J connectivity index is 1.56. The fourth-order valence-corrected chi connectivity index (χ4v) is 3.30. The van der Waals surface area contributed by atoms with Crippen molar-refractivity contribution in [2.45, 2.75) is 13.3 Å². The topological polar surface area (TPSA) is 82.1 Å². The first kappa shape index (κ1) is 20.7. The third kappa shape index (κ3) is 4.19. The number of esters is 1. The highest BCUT2D eigenvalue weighted by Crippen LogP contribution is 2.36. The molecule has 0 saturated carbocycles. The van der Waals surface area contributed by atoms with E-state index >= 15 is 0 Å². The predicted octanol–water partition coefficient (Wildman–Crippen LogP) is 3.59. The second kappa shape index (κ2) is 8.96. The van der Waals surface area contributed by atoms with Crippen molar-refractivity contribution in [1.82, 2.24) is 4.90 Å². The summed E-state index contributed by atoms with van der Waals surface area (Å²) >= 11 is 6.17. The number of nitrogens with zero attached hydrogens (tertiary/aromatic N) is 1. The average molecular weight is 418 g/mol. The predicted molar refractivity (Wildman–Crippen MR) is 106 cm³/mol. The van der Waals surface area contributed by atoms with Crippen LogP contribution >= 0.6 is 11.6 Å². The van der Waals surface area contributed by atoms with E-state index in [1.165, 1.54) is 19.2 Å². The number of amides is 2. The van der Waals surface area contributed by atoms with Crippen LogP contribution in [0.15, 0.2) is 36.4 Å². The highest BCUT2D eigenvalue weighted by atomic mass is 35.5. The van der Waals surface area contributed by atoms with Crippen LogP contribution in [0.1, 0.15) is 44.4 Å². The Bertz CT molecular complexity index is 923. The Morgan fingerprint density at radius 2 is 1.76 bits per heavy atom. The van der Waals surface area contributed by atoms with Crippen molar-refractivity contribution in [2.24, 2.45) is 0 Å². The molecule has 0 saturated heterocycles. The first-order valence-corrected chi connectivity index (χ1v) is 9.48. The van der Waals surface area contributed by atoms with Gasteiger partial charge in [-0.05, 0) is 37.6 Å². The van der Waals surface area contributed by atoms with Crippen molar-refractivity contribution in [3.63, 3.8) is 0 Å². The van der Waals surface area contributed by atoms with Crippen LogP contribution in [0.2, 0.25) is 5.02 Å². The van der Waals surface area contributed by atoms with Gasteiger partial charge in [-0.2, -0.15) is 0 Å². The standard InChI is InChI=1S/C21H20ClNO6/c1-3-28-18-16(22)11-13(12-17(18)27-2)21(26)29-10-6-9-23-19(24)14-7-4-5-8-15(14)20(23)25/h4-5,7-8,11-12H,3,6,9-10H2,1-2H3. The van der Waals surface area contributed by atoms with E-state index in [-0.39, 0.29) is 35.6 Å². The SMILES string of the molecule is CCOc1c(Cl)cc(C(=O)OCCCN2C(=O)c3ccccc3C2=O)cc1OC. The normalized spacial score (nSPS) is 12.7. The first-order valence-electron chi connectivity index (χ1n) is 9.10. The van der Waals surface area contributed by atoms with Gasteiger partial charge in [0.1, 0.15) is 0 Å². The summed E-state index contributed by atoms with van der Waals surface area (Å²) in [7, 11) is 1.45. The molecule has 0 fully saturated rings. The quantitative estimate of drug-likeness (QED) is 0.371. The number of hydrogen-bond donors (Lipinski definition) is 0. The largest absolute Gasteiger partial charge is 0.493 e. The maximum absolute atomic E-state index is 12.3. The molecule has 29 heavy (non-hydrogen) atoms. The van der Waals surface area contributed by atoms with Crippen LogP contribution in [0.4, 0.5) is 0 Å². The monoisotopic (exact) mass is 417 g/mol. The minimum atomic E-state index is -0.587. The Labute approximate surface area is 173 Å². The lowest BCUT2D eigenvalue weighted by Gasteiger charge is -2.14. The number of carbonyl (C=O) groups is 3. The van der Waals surface area contributed by atoms with Crippen LogP contribution < -0.4 is 9.47 Å². The van der Waals surface area contributed by atoms with Gasteiger partial charge in [0.15, 0.2) is 11.5 Å². The van der Waals surface area contributed by atoms with E-state index in [0.717, 1.165) is 4.90 Å². The number of benzene rings is 2. The lowest BCUT2D eigenvalue weighted by atomic mass is 10.1. The molecule has 1 aliphatic heterocycles. The second-order valence-corrected chi connectivity index (χ2v) is 6.63. The lowest BCUT2D eigenvalue weighted by molar-refractivity contribution is 0.0482. The van der Waals surface area contributed by atoms with E-state index in [9.17, 15) is 14.4 Å². The molecule has 3 rings (SSSR count). The molecule has 8 heteroatoms. The molecule has 0 bridgehead atoms. The summed E-state index contributed by atoms with van der Waals surface area (Å²) in [5.74, 6) is -0.563. The zero-order chi connectivity index (χ0) is 21.0. The Morgan fingerprint density at radius 3 is 2.34 bits per heavy atom. The molecular weight excluding hydrogens is 398 g/mol. The second-order valence-electron chi connectivity index (χ2n) is 6.22. The van der Waals surface area contributed by atoms with Crippen molar-refractivity contribution in [1.29, 1.82) is 0 Å². The number of hydrogen-bond acceptors (Lipinski definition) is 6. The molecule has 0 radical (unpaired) electrons. The highest BCUT2D eigenvalue weighted by molar-refractivity contribution is 6.32. The van der Waals surface area contributed by atoms with E-state index in [4.69, 9.17) is 25.8 Å². The van der Waals surface area contributed by atoms with Crippen molar-refractivity contribution in [3.05, 3.63) is 58.1 Å². The van der Waals surface area contributed by atoms with Gasteiger partial charge in [0.2, 0.25) is 0 Å². The summed E-state index contributed by atoms with van der Waals surface area (Å²) in [5, 5.41) is 0.240. The van der Waals surface area contributed by atoms with Crippen molar-refractivity contribution >= 4 is 29.4 Å². The Hall–Kier alpha value is -3.06. The summed E-state index contributed by atoms with van der Waals surface area (Å²) in [6.07, 6.45) is 0.319. The molecule has 0 spiro atoms. The fourth-order valence-electron chi connectivity index (χ4n) is 3.04. The molecule has 1 aliphatic rings. The van der Waals surface area contributed by atoms with Crippen LogP contribution in [0.25, 0.3) is 0 Å². The molecule has 2 aromatic carbocycles. The fraction of sp³-hybridized carbons (Fsp3) is 0.286. The third-order valence-corrected chi connectivity index (χ3v) is 4.67. The summed E-state index contributed by atoms with van der Waals surface area (Å²) in [4.78, 5) is 38.1.